The van der Waals surface area contributed by atoms with Gasteiger partial charge in [-0.1, -0.05) is 48.5 Å². The van der Waals surface area contributed by atoms with Gasteiger partial charge in [0.15, 0.2) is 0 Å². The molecule has 0 aromatic heterocycles. The van der Waals surface area contributed by atoms with E-state index in [-0.39, 0.29) is 5.56 Å². The number of benzene rings is 2. The summed E-state index contributed by atoms with van der Waals surface area (Å²) in [5, 5.41) is 9.16. The maximum atomic E-state index is 11.3. The average Bonchev–Trinajstić information content (AvgIpc) is 2.46. The molecule has 2 rings (SSSR count). The number of aromatic carboxylic acids is 1. The van der Waals surface area contributed by atoms with E-state index in [0.717, 1.165) is 11.8 Å². The molecule has 96 valence electrons. The summed E-state index contributed by atoms with van der Waals surface area (Å²) in [6.07, 6.45) is 1.32. The van der Waals surface area contributed by atoms with Gasteiger partial charge in [0.1, 0.15) is 6.29 Å². The Morgan fingerprint density at radius 2 is 1.68 bits per heavy atom. The van der Waals surface area contributed by atoms with Crippen molar-refractivity contribution in [3.63, 3.8) is 0 Å². The smallest absolute Gasteiger partial charge is 0.335 e. The number of carbonyl (C=O) groups excluding carboxylic acids is 1. The standard InChI is InChI=1S/C16H14O3/c17-11-13(10-12-6-2-1-3-7-12)14-8-4-5-9-15(14)16(18)19/h1-9,11,13H,10H2,(H,18,19). The Bertz CT molecular complexity index is 576. The fourth-order valence-electron chi connectivity index (χ4n) is 2.11. The van der Waals surface area contributed by atoms with Gasteiger partial charge in [-0.2, -0.15) is 0 Å². The molecule has 0 aliphatic heterocycles. The third-order valence-corrected chi connectivity index (χ3v) is 3.05. The van der Waals surface area contributed by atoms with E-state index in [2.05, 4.69) is 0 Å². The molecule has 19 heavy (non-hydrogen) atoms. The van der Waals surface area contributed by atoms with Crippen LogP contribution in [0.3, 0.4) is 0 Å². The number of rotatable bonds is 5. The van der Waals surface area contributed by atoms with Gasteiger partial charge in [0.05, 0.1) is 5.56 Å². The summed E-state index contributed by atoms with van der Waals surface area (Å²) < 4.78 is 0. The Morgan fingerprint density at radius 3 is 2.32 bits per heavy atom. The minimum Gasteiger partial charge on any atom is -0.478 e. The fourth-order valence-corrected chi connectivity index (χ4v) is 2.11. The molecule has 0 bridgehead atoms. The van der Waals surface area contributed by atoms with E-state index in [4.69, 9.17) is 5.11 Å². The summed E-state index contributed by atoms with van der Waals surface area (Å²) in [6, 6.07) is 16.2. The molecule has 1 unspecified atom stereocenters. The van der Waals surface area contributed by atoms with Crippen molar-refractivity contribution in [2.45, 2.75) is 12.3 Å². The van der Waals surface area contributed by atoms with Crippen LogP contribution in [0.4, 0.5) is 0 Å². The second kappa shape index (κ2) is 5.96. The van der Waals surface area contributed by atoms with Crippen molar-refractivity contribution >= 4 is 12.3 Å². The average molecular weight is 254 g/mol. The zero-order valence-electron chi connectivity index (χ0n) is 10.3. The number of carbonyl (C=O) groups is 2. The third-order valence-electron chi connectivity index (χ3n) is 3.05. The third kappa shape index (κ3) is 3.07. The van der Waals surface area contributed by atoms with Crippen LogP contribution in [-0.2, 0) is 11.2 Å². The quantitative estimate of drug-likeness (QED) is 0.835. The van der Waals surface area contributed by atoms with E-state index in [1.807, 2.05) is 30.3 Å². The topological polar surface area (TPSA) is 54.4 Å². The molecule has 0 saturated heterocycles. The first kappa shape index (κ1) is 13.0. The van der Waals surface area contributed by atoms with Crippen LogP contribution in [0, 0.1) is 0 Å². The minimum absolute atomic E-state index is 0.190. The first-order valence-corrected chi connectivity index (χ1v) is 6.04. The van der Waals surface area contributed by atoms with Gasteiger partial charge in [-0.25, -0.2) is 4.79 Å². The van der Waals surface area contributed by atoms with Crippen LogP contribution in [0.2, 0.25) is 0 Å². The van der Waals surface area contributed by atoms with Crippen molar-refractivity contribution in [1.82, 2.24) is 0 Å². The van der Waals surface area contributed by atoms with Crippen LogP contribution in [-0.4, -0.2) is 17.4 Å². The Balaban J connectivity index is 2.32. The van der Waals surface area contributed by atoms with E-state index >= 15 is 0 Å². The van der Waals surface area contributed by atoms with Gasteiger partial charge in [0.2, 0.25) is 0 Å². The summed E-state index contributed by atoms with van der Waals surface area (Å²) in [5.74, 6) is -1.44. The molecule has 3 heteroatoms. The lowest BCUT2D eigenvalue weighted by Crippen LogP contribution is -2.10. The highest BCUT2D eigenvalue weighted by molar-refractivity contribution is 5.90. The van der Waals surface area contributed by atoms with Gasteiger partial charge in [-0.15, -0.1) is 0 Å². The Kier molecular flexibility index (Phi) is 4.08. The molecule has 0 saturated carbocycles. The zero-order chi connectivity index (χ0) is 13.7. The van der Waals surface area contributed by atoms with E-state index in [0.29, 0.717) is 12.0 Å². The van der Waals surface area contributed by atoms with E-state index in [9.17, 15) is 9.59 Å². The van der Waals surface area contributed by atoms with Crippen LogP contribution in [0.15, 0.2) is 54.6 Å². The molecular formula is C16H14O3. The fraction of sp³-hybridized carbons (Fsp3) is 0.125. The lowest BCUT2D eigenvalue weighted by molar-refractivity contribution is -0.109. The highest BCUT2D eigenvalue weighted by Crippen LogP contribution is 2.22. The number of hydrogen-bond acceptors (Lipinski definition) is 2. The molecular weight excluding hydrogens is 240 g/mol. The number of aldehydes is 1. The Labute approximate surface area is 111 Å². The lowest BCUT2D eigenvalue weighted by atomic mass is 9.90. The molecule has 2 aromatic rings. The van der Waals surface area contributed by atoms with Crippen molar-refractivity contribution in [3.05, 3.63) is 71.3 Å². The van der Waals surface area contributed by atoms with E-state index in [1.54, 1.807) is 18.2 Å². The molecule has 1 N–H and O–H groups in total. The highest BCUT2D eigenvalue weighted by Gasteiger charge is 2.18. The molecule has 0 amide bonds. The second-order valence-corrected chi connectivity index (χ2v) is 4.32. The van der Waals surface area contributed by atoms with Crippen molar-refractivity contribution in [1.29, 1.82) is 0 Å². The summed E-state index contributed by atoms with van der Waals surface area (Å²) in [6.45, 7) is 0. The summed E-state index contributed by atoms with van der Waals surface area (Å²) >= 11 is 0. The van der Waals surface area contributed by atoms with E-state index in [1.165, 1.54) is 6.07 Å². The molecule has 3 nitrogen and oxygen atoms in total. The van der Waals surface area contributed by atoms with Crippen LogP contribution < -0.4 is 0 Å². The second-order valence-electron chi connectivity index (χ2n) is 4.32. The van der Waals surface area contributed by atoms with E-state index < -0.39 is 11.9 Å². The van der Waals surface area contributed by atoms with Gasteiger partial charge in [0, 0.05) is 5.92 Å². The van der Waals surface area contributed by atoms with Crippen molar-refractivity contribution in [2.75, 3.05) is 0 Å². The van der Waals surface area contributed by atoms with Gasteiger partial charge in [-0.05, 0) is 23.6 Å². The Morgan fingerprint density at radius 1 is 1.05 bits per heavy atom. The van der Waals surface area contributed by atoms with Gasteiger partial charge in [-0.3, -0.25) is 0 Å². The number of carboxylic acids is 1. The molecule has 1 atom stereocenters. The lowest BCUT2D eigenvalue weighted by Gasteiger charge is -2.13. The number of hydrogen-bond donors (Lipinski definition) is 1. The van der Waals surface area contributed by atoms with Crippen molar-refractivity contribution < 1.29 is 14.7 Å². The molecule has 0 heterocycles. The van der Waals surface area contributed by atoms with Crippen LogP contribution in [0.5, 0.6) is 0 Å². The summed E-state index contributed by atoms with van der Waals surface area (Å²) in [7, 11) is 0. The minimum atomic E-state index is -1.00. The SMILES string of the molecule is O=CC(Cc1ccccc1)c1ccccc1C(=O)O. The highest BCUT2D eigenvalue weighted by atomic mass is 16.4. The molecule has 0 aliphatic rings. The van der Waals surface area contributed by atoms with Gasteiger partial charge in [0.25, 0.3) is 0 Å². The predicted octanol–water partition coefficient (Wildman–Crippen LogP) is 2.91. The normalized spacial score (nSPS) is 11.8. The largest absolute Gasteiger partial charge is 0.478 e. The first-order valence-electron chi connectivity index (χ1n) is 6.04. The van der Waals surface area contributed by atoms with Crippen molar-refractivity contribution in [3.8, 4) is 0 Å². The maximum Gasteiger partial charge on any atom is 0.335 e. The van der Waals surface area contributed by atoms with Crippen LogP contribution in [0.1, 0.15) is 27.4 Å². The molecule has 0 spiro atoms. The molecule has 2 aromatic carbocycles. The zero-order valence-corrected chi connectivity index (χ0v) is 10.3. The monoisotopic (exact) mass is 254 g/mol. The molecule has 0 radical (unpaired) electrons. The maximum absolute atomic E-state index is 11.3. The number of carboxylic acid groups (broad SMARTS) is 1. The summed E-state index contributed by atoms with van der Waals surface area (Å²) in [4.78, 5) is 22.5. The van der Waals surface area contributed by atoms with Crippen molar-refractivity contribution in [2.24, 2.45) is 0 Å². The first-order chi connectivity index (χ1) is 9.22. The van der Waals surface area contributed by atoms with Gasteiger partial charge < -0.3 is 9.90 Å². The van der Waals surface area contributed by atoms with Gasteiger partial charge >= 0.3 is 5.97 Å². The van der Waals surface area contributed by atoms with Crippen LogP contribution in [0.25, 0.3) is 0 Å². The molecule has 0 aliphatic carbocycles. The van der Waals surface area contributed by atoms with Crippen LogP contribution >= 0.6 is 0 Å². The molecule has 0 fully saturated rings. The Hall–Kier alpha value is -2.42. The summed E-state index contributed by atoms with van der Waals surface area (Å²) in [5.41, 5.74) is 1.77. The predicted molar refractivity (Wildman–Crippen MR) is 72.4 cm³/mol.